The summed E-state index contributed by atoms with van der Waals surface area (Å²) in [4.78, 5) is 36.5. The van der Waals surface area contributed by atoms with Crippen molar-refractivity contribution >= 4 is 66.5 Å². The third-order valence-electron chi connectivity index (χ3n) is 4.22. The molecule has 1 heterocycles. The topological polar surface area (TPSA) is 99.0 Å². The molecule has 31 heavy (non-hydrogen) atoms. The molecule has 8 nitrogen and oxygen atoms in total. The summed E-state index contributed by atoms with van der Waals surface area (Å²) >= 11 is 7.79. The van der Waals surface area contributed by atoms with Gasteiger partial charge in [0.25, 0.3) is 16.8 Å². The lowest BCUT2D eigenvalue weighted by molar-refractivity contribution is -0.384. The van der Waals surface area contributed by atoms with Gasteiger partial charge in [0.1, 0.15) is 12.4 Å². The Labute approximate surface area is 199 Å². The van der Waals surface area contributed by atoms with E-state index in [0.29, 0.717) is 30.7 Å². The number of carbonyl (C=O) groups is 2. The van der Waals surface area contributed by atoms with Gasteiger partial charge >= 0.3 is 0 Å². The van der Waals surface area contributed by atoms with Gasteiger partial charge in [0, 0.05) is 19.2 Å². The minimum Gasteiger partial charge on any atom is -0.487 e. The lowest BCUT2D eigenvalue weighted by atomic mass is 10.2. The summed E-state index contributed by atoms with van der Waals surface area (Å²) in [6, 6.07) is 9.73. The summed E-state index contributed by atoms with van der Waals surface area (Å²) in [5.74, 6) is 0.155. The first-order chi connectivity index (χ1) is 14.8. The summed E-state index contributed by atoms with van der Waals surface area (Å²) in [7, 11) is 1.51. The number of halogens is 2. The number of imide groups is 1. The zero-order valence-corrected chi connectivity index (χ0v) is 20.2. The molecule has 2 aromatic rings. The Kier molecular flexibility index (Phi) is 7.87. The summed E-state index contributed by atoms with van der Waals surface area (Å²) < 4.78 is 12.0. The van der Waals surface area contributed by atoms with Crippen molar-refractivity contribution in [2.75, 3.05) is 20.3 Å². The van der Waals surface area contributed by atoms with Gasteiger partial charge in [-0.25, -0.2) is 0 Å². The molecule has 162 valence electrons. The quantitative estimate of drug-likeness (QED) is 0.238. The molecule has 0 aliphatic carbocycles. The van der Waals surface area contributed by atoms with Crippen molar-refractivity contribution < 1.29 is 24.0 Å². The number of nitrogens with zero attached hydrogens (tertiary/aromatic N) is 2. The zero-order valence-electron chi connectivity index (χ0n) is 16.2. The van der Waals surface area contributed by atoms with Crippen LogP contribution in [-0.2, 0) is 16.1 Å². The van der Waals surface area contributed by atoms with Crippen LogP contribution in [0, 0.1) is 10.1 Å². The van der Waals surface area contributed by atoms with E-state index in [4.69, 9.17) is 9.47 Å². The second-order valence-electron chi connectivity index (χ2n) is 6.36. The van der Waals surface area contributed by atoms with E-state index in [1.54, 1.807) is 30.3 Å². The number of ether oxygens (including phenoxy) is 2. The number of amides is 2. The predicted molar refractivity (Wildman–Crippen MR) is 124 cm³/mol. The first-order valence-electron chi connectivity index (χ1n) is 8.89. The molecule has 1 aliphatic rings. The molecule has 1 fully saturated rings. The lowest BCUT2D eigenvalue weighted by Gasteiger charge is -2.12. The number of nitro benzene ring substituents is 1. The van der Waals surface area contributed by atoms with E-state index in [1.165, 1.54) is 19.2 Å². The standard InChI is InChI=1S/C20H16Br2N2O6S/c1-29-6-5-23-19(25)17(31-20(23)26)10-13-8-15(21)18(16(22)9-13)30-11-12-3-2-4-14(7-12)24(27)28/h2-4,7-10H,5-6,11H2,1H3/b17-10+. The number of methoxy groups -OCH3 is 1. The molecule has 2 aromatic carbocycles. The van der Waals surface area contributed by atoms with E-state index < -0.39 is 4.92 Å². The van der Waals surface area contributed by atoms with E-state index in [-0.39, 0.29) is 36.6 Å². The maximum Gasteiger partial charge on any atom is 0.293 e. The molecule has 11 heteroatoms. The molecule has 0 radical (unpaired) electrons. The Morgan fingerprint density at radius 2 is 1.90 bits per heavy atom. The van der Waals surface area contributed by atoms with Gasteiger partial charge in [-0.2, -0.15) is 0 Å². The highest BCUT2D eigenvalue weighted by molar-refractivity contribution is 9.11. The molecule has 3 rings (SSSR count). The molecule has 0 atom stereocenters. The summed E-state index contributed by atoms with van der Waals surface area (Å²) in [5.41, 5.74) is 1.34. The SMILES string of the molecule is COCCN1C(=O)S/C(=C/c2cc(Br)c(OCc3cccc([N+](=O)[O-])c3)c(Br)c2)C1=O. The van der Waals surface area contributed by atoms with Gasteiger partial charge in [-0.1, -0.05) is 12.1 Å². The number of rotatable bonds is 8. The molecule has 0 unspecified atom stereocenters. The van der Waals surface area contributed by atoms with E-state index >= 15 is 0 Å². The van der Waals surface area contributed by atoms with Gasteiger partial charge in [0.05, 0.1) is 31.9 Å². The molecule has 0 N–H and O–H groups in total. The van der Waals surface area contributed by atoms with Crippen molar-refractivity contribution in [3.63, 3.8) is 0 Å². The Bertz CT molecular complexity index is 1050. The molecule has 0 aromatic heterocycles. The normalized spacial score (nSPS) is 15.1. The molecule has 2 amide bonds. The number of carbonyl (C=O) groups excluding carboxylic acids is 2. The summed E-state index contributed by atoms with van der Waals surface area (Å²) in [6.45, 7) is 0.617. The average molecular weight is 572 g/mol. The van der Waals surface area contributed by atoms with E-state index in [1.807, 2.05) is 0 Å². The number of non-ortho nitro benzene ring substituents is 1. The van der Waals surface area contributed by atoms with E-state index in [2.05, 4.69) is 31.9 Å². The van der Waals surface area contributed by atoms with E-state index in [9.17, 15) is 19.7 Å². The number of thioether (sulfide) groups is 1. The van der Waals surface area contributed by atoms with Crippen molar-refractivity contribution in [3.8, 4) is 5.75 Å². The first-order valence-corrected chi connectivity index (χ1v) is 11.3. The van der Waals surface area contributed by atoms with Crippen LogP contribution in [0.3, 0.4) is 0 Å². The van der Waals surface area contributed by atoms with Crippen LogP contribution in [0.1, 0.15) is 11.1 Å². The average Bonchev–Trinajstić information content (AvgIpc) is 2.98. The highest BCUT2D eigenvalue weighted by atomic mass is 79.9. The van der Waals surface area contributed by atoms with Crippen LogP contribution >= 0.6 is 43.6 Å². The third-order valence-corrected chi connectivity index (χ3v) is 6.30. The molecule has 0 saturated carbocycles. The summed E-state index contributed by atoms with van der Waals surface area (Å²) in [5, 5.41) is 10.6. The Morgan fingerprint density at radius 1 is 1.19 bits per heavy atom. The van der Waals surface area contributed by atoms with Crippen LogP contribution in [0.15, 0.2) is 50.2 Å². The second-order valence-corrected chi connectivity index (χ2v) is 9.06. The van der Waals surface area contributed by atoms with Crippen LogP contribution in [0.4, 0.5) is 10.5 Å². The fraction of sp³-hybridized carbons (Fsp3) is 0.200. The van der Waals surface area contributed by atoms with Crippen LogP contribution in [0.5, 0.6) is 5.75 Å². The van der Waals surface area contributed by atoms with Crippen molar-refractivity contribution in [2.45, 2.75) is 6.61 Å². The van der Waals surface area contributed by atoms with Crippen molar-refractivity contribution in [2.24, 2.45) is 0 Å². The van der Waals surface area contributed by atoms with Gasteiger partial charge in [-0.3, -0.25) is 24.6 Å². The number of nitro groups is 1. The molecule has 1 saturated heterocycles. The van der Waals surface area contributed by atoms with E-state index in [0.717, 1.165) is 16.7 Å². The fourth-order valence-electron chi connectivity index (χ4n) is 2.74. The predicted octanol–water partition coefficient (Wildman–Crippen LogP) is 5.38. The monoisotopic (exact) mass is 570 g/mol. The Hall–Kier alpha value is -2.21. The highest BCUT2D eigenvalue weighted by Crippen LogP contribution is 2.38. The van der Waals surface area contributed by atoms with Crippen LogP contribution in [-0.4, -0.2) is 41.2 Å². The van der Waals surface area contributed by atoms with Crippen molar-refractivity contribution in [1.29, 1.82) is 0 Å². The highest BCUT2D eigenvalue weighted by Gasteiger charge is 2.34. The molecule has 1 aliphatic heterocycles. The van der Waals surface area contributed by atoms with Crippen LogP contribution < -0.4 is 4.74 Å². The largest absolute Gasteiger partial charge is 0.487 e. The maximum atomic E-state index is 12.5. The van der Waals surface area contributed by atoms with Gasteiger partial charge in [0.15, 0.2) is 0 Å². The molecular formula is C20H16Br2N2O6S. The van der Waals surface area contributed by atoms with Gasteiger partial charge < -0.3 is 9.47 Å². The van der Waals surface area contributed by atoms with Crippen molar-refractivity contribution in [1.82, 2.24) is 4.90 Å². The zero-order chi connectivity index (χ0) is 22.5. The van der Waals surface area contributed by atoms with Crippen LogP contribution in [0.25, 0.3) is 6.08 Å². The Morgan fingerprint density at radius 3 is 2.55 bits per heavy atom. The molecule has 0 spiro atoms. The Balaban J connectivity index is 1.76. The number of hydrogen-bond donors (Lipinski definition) is 0. The van der Waals surface area contributed by atoms with Crippen LogP contribution in [0.2, 0.25) is 0 Å². The van der Waals surface area contributed by atoms with Gasteiger partial charge in [0.2, 0.25) is 0 Å². The number of benzene rings is 2. The first kappa shape index (κ1) is 23.5. The van der Waals surface area contributed by atoms with Crippen molar-refractivity contribution in [3.05, 3.63) is 71.5 Å². The minimum atomic E-state index is -0.457. The summed E-state index contributed by atoms with van der Waals surface area (Å²) in [6.07, 6.45) is 1.64. The van der Waals surface area contributed by atoms with Gasteiger partial charge in [-0.15, -0.1) is 0 Å². The third kappa shape index (κ3) is 5.73. The van der Waals surface area contributed by atoms with Gasteiger partial charge in [-0.05, 0) is 73.0 Å². The lowest BCUT2D eigenvalue weighted by Crippen LogP contribution is -2.31. The molecular weight excluding hydrogens is 556 g/mol. The minimum absolute atomic E-state index is 0.00553. The molecule has 0 bridgehead atoms. The maximum absolute atomic E-state index is 12.5. The number of hydrogen-bond acceptors (Lipinski definition) is 7. The smallest absolute Gasteiger partial charge is 0.293 e. The second kappa shape index (κ2) is 10.4. The fourth-order valence-corrected chi connectivity index (χ4v) is 5.06.